The molecule has 0 unspecified atom stereocenters. The zero-order valence-corrected chi connectivity index (χ0v) is 17.0. The minimum atomic E-state index is -0.242. The maximum Gasteiger partial charge on any atom is 0.274 e. The molecule has 3 aromatic carbocycles. The summed E-state index contributed by atoms with van der Waals surface area (Å²) < 4.78 is 5.74. The Balaban J connectivity index is 1.85. The normalized spacial score (nSPS) is 10.6. The average Bonchev–Trinajstić information content (AvgIpc) is 2.82. The molecule has 150 valence electrons. The van der Waals surface area contributed by atoms with E-state index in [-0.39, 0.29) is 5.91 Å². The van der Waals surface area contributed by atoms with Crippen molar-refractivity contribution in [2.24, 2.45) is 0 Å². The van der Waals surface area contributed by atoms with Gasteiger partial charge in [0, 0.05) is 17.5 Å². The molecule has 1 amide bonds. The smallest absolute Gasteiger partial charge is 0.274 e. The standard InChI is InChI=1S/C25H23N3O2/c1-3-28(19-14-8-5-9-15-19)27-25(29)22-20-16-10-11-17-21(20)26-23(24(22)30-2)18-12-6-4-7-13-18/h4-17H,3H2,1-2H3,(H,27,29). The van der Waals surface area contributed by atoms with E-state index < -0.39 is 0 Å². The van der Waals surface area contributed by atoms with Crippen LogP contribution in [0.15, 0.2) is 84.9 Å². The monoisotopic (exact) mass is 397 g/mol. The van der Waals surface area contributed by atoms with Crippen molar-refractivity contribution in [1.82, 2.24) is 10.4 Å². The second kappa shape index (κ2) is 8.66. The number of para-hydroxylation sites is 2. The summed E-state index contributed by atoms with van der Waals surface area (Å²) in [5.41, 5.74) is 6.69. The average molecular weight is 397 g/mol. The minimum absolute atomic E-state index is 0.242. The minimum Gasteiger partial charge on any atom is -0.494 e. The molecule has 4 rings (SSSR count). The first-order valence-corrected chi connectivity index (χ1v) is 9.88. The summed E-state index contributed by atoms with van der Waals surface area (Å²) in [4.78, 5) is 18.3. The maximum atomic E-state index is 13.5. The number of pyridine rings is 1. The van der Waals surface area contributed by atoms with E-state index in [2.05, 4.69) is 5.43 Å². The molecule has 5 heteroatoms. The second-order valence-corrected chi connectivity index (χ2v) is 6.77. The maximum absolute atomic E-state index is 13.5. The number of anilines is 1. The van der Waals surface area contributed by atoms with Gasteiger partial charge in [-0.2, -0.15) is 0 Å². The quantitative estimate of drug-likeness (QED) is 0.461. The number of fused-ring (bicyclic) bond motifs is 1. The van der Waals surface area contributed by atoms with Crippen LogP contribution in [-0.2, 0) is 0 Å². The fraction of sp³-hybridized carbons (Fsp3) is 0.120. The third kappa shape index (κ3) is 3.70. The summed E-state index contributed by atoms with van der Waals surface area (Å²) in [6.07, 6.45) is 0. The number of ether oxygens (including phenoxy) is 1. The second-order valence-electron chi connectivity index (χ2n) is 6.77. The molecule has 1 heterocycles. The van der Waals surface area contributed by atoms with Crippen LogP contribution in [-0.4, -0.2) is 24.5 Å². The van der Waals surface area contributed by atoms with Crippen molar-refractivity contribution in [2.45, 2.75) is 6.92 Å². The Morgan fingerprint density at radius 1 is 0.933 bits per heavy atom. The molecule has 0 aliphatic rings. The fourth-order valence-electron chi connectivity index (χ4n) is 3.52. The van der Waals surface area contributed by atoms with Crippen LogP contribution in [0.5, 0.6) is 5.75 Å². The third-order valence-corrected chi connectivity index (χ3v) is 4.95. The Labute approximate surface area is 175 Å². The highest BCUT2D eigenvalue weighted by atomic mass is 16.5. The van der Waals surface area contributed by atoms with Crippen molar-refractivity contribution >= 4 is 22.5 Å². The van der Waals surface area contributed by atoms with Crippen molar-refractivity contribution in [3.63, 3.8) is 0 Å². The molecule has 1 aromatic heterocycles. The van der Waals surface area contributed by atoms with E-state index in [1.165, 1.54) is 0 Å². The summed E-state index contributed by atoms with van der Waals surface area (Å²) in [6.45, 7) is 2.61. The number of nitrogens with zero attached hydrogens (tertiary/aromatic N) is 2. The van der Waals surface area contributed by atoms with Gasteiger partial charge in [0.25, 0.3) is 5.91 Å². The van der Waals surface area contributed by atoms with Gasteiger partial charge in [-0.1, -0.05) is 66.7 Å². The summed E-state index contributed by atoms with van der Waals surface area (Å²) in [6, 6.07) is 27.1. The van der Waals surface area contributed by atoms with Crippen molar-refractivity contribution in [3.8, 4) is 17.0 Å². The lowest BCUT2D eigenvalue weighted by Gasteiger charge is -2.25. The zero-order valence-electron chi connectivity index (χ0n) is 17.0. The van der Waals surface area contributed by atoms with E-state index in [9.17, 15) is 4.79 Å². The van der Waals surface area contributed by atoms with E-state index in [1.54, 1.807) is 7.11 Å². The lowest BCUT2D eigenvalue weighted by atomic mass is 10.0. The number of benzene rings is 3. The van der Waals surface area contributed by atoms with Gasteiger partial charge in [0.2, 0.25) is 0 Å². The molecule has 0 fully saturated rings. The predicted molar refractivity (Wildman–Crippen MR) is 121 cm³/mol. The van der Waals surface area contributed by atoms with Gasteiger partial charge in [-0.3, -0.25) is 15.2 Å². The predicted octanol–water partition coefficient (Wildman–Crippen LogP) is 5.08. The Bertz CT molecular complexity index is 1160. The number of rotatable bonds is 6. The van der Waals surface area contributed by atoms with Crippen LogP contribution in [0, 0.1) is 0 Å². The van der Waals surface area contributed by atoms with E-state index in [0.717, 1.165) is 22.2 Å². The van der Waals surface area contributed by atoms with E-state index >= 15 is 0 Å². The Morgan fingerprint density at radius 2 is 1.57 bits per heavy atom. The van der Waals surface area contributed by atoms with E-state index in [0.29, 0.717) is 23.6 Å². The topological polar surface area (TPSA) is 54.5 Å². The summed E-state index contributed by atoms with van der Waals surface area (Å²) in [5.74, 6) is 0.217. The molecule has 1 N–H and O–H groups in total. The Morgan fingerprint density at radius 3 is 2.23 bits per heavy atom. The van der Waals surface area contributed by atoms with E-state index in [1.807, 2.05) is 96.9 Å². The van der Waals surface area contributed by atoms with Crippen molar-refractivity contribution in [1.29, 1.82) is 0 Å². The first-order valence-electron chi connectivity index (χ1n) is 9.88. The van der Waals surface area contributed by atoms with Gasteiger partial charge in [-0.15, -0.1) is 0 Å². The van der Waals surface area contributed by atoms with Crippen molar-refractivity contribution in [3.05, 3.63) is 90.5 Å². The van der Waals surface area contributed by atoms with Crippen LogP contribution in [0.25, 0.3) is 22.2 Å². The molecule has 5 nitrogen and oxygen atoms in total. The SMILES string of the molecule is CCN(NC(=O)c1c(OC)c(-c2ccccc2)nc2ccccc12)c1ccccc1. The van der Waals surface area contributed by atoms with Gasteiger partial charge >= 0.3 is 0 Å². The van der Waals surface area contributed by atoms with Crippen molar-refractivity contribution < 1.29 is 9.53 Å². The van der Waals surface area contributed by atoms with Crippen LogP contribution in [0.2, 0.25) is 0 Å². The molecule has 0 spiro atoms. The number of amides is 1. The third-order valence-electron chi connectivity index (χ3n) is 4.95. The van der Waals surface area contributed by atoms with Crippen molar-refractivity contribution in [2.75, 3.05) is 18.7 Å². The molecular formula is C25H23N3O2. The van der Waals surface area contributed by atoms with Crippen LogP contribution in [0.1, 0.15) is 17.3 Å². The van der Waals surface area contributed by atoms with Crippen LogP contribution < -0.4 is 15.2 Å². The number of hydrazine groups is 1. The lowest BCUT2D eigenvalue weighted by molar-refractivity contribution is 0.0948. The first kappa shape index (κ1) is 19.5. The molecule has 30 heavy (non-hydrogen) atoms. The van der Waals surface area contributed by atoms with Gasteiger partial charge in [0.1, 0.15) is 5.69 Å². The fourth-order valence-corrected chi connectivity index (χ4v) is 3.52. The summed E-state index contributed by atoms with van der Waals surface area (Å²) >= 11 is 0. The Hall–Kier alpha value is -3.86. The van der Waals surface area contributed by atoms with Crippen LogP contribution in [0.4, 0.5) is 5.69 Å². The largest absolute Gasteiger partial charge is 0.494 e. The number of hydrogen-bond acceptors (Lipinski definition) is 4. The summed E-state index contributed by atoms with van der Waals surface area (Å²) in [7, 11) is 1.57. The Kier molecular flexibility index (Phi) is 5.61. The molecule has 0 aliphatic heterocycles. The number of hydrogen-bond donors (Lipinski definition) is 1. The molecule has 0 saturated heterocycles. The van der Waals surface area contributed by atoms with Gasteiger partial charge in [0.05, 0.1) is 23.9 Å². The number of nitrogens with one attached hydrogen (secondary N) is 1. The van der Waals surface area contributed by atoms with E-state index in [4.69, 9.17) is 9.72 Å². The van der Waals surface area contributed by atoms with Crippen LogP contribution >= 0.6 is 0 Å². The van der Waals surface area contributed by atoms with Gasteiger partial charge in [-0.05, 0) is 25.1 Å². The molecule has 0 atom stereocenters. The first-order chi connectivity index (χ1) is 14.7. The zero-order chi connectivity index (χ0) is 20.9. The number of carbonyl (C=O) groups is 1. The highest BCUT2D eigenvalue weighted by Gasteiger charge is 2.23. The molecule has 0 saturated carbocycles. The summed E-state index contributed by atoms with van der Waals surface area (Å²) in [5, 5.41) is 2.56. The number of methoxy groups -OCH3 is 1. The van der Waals surface area contributed by atoms with Gasteiger partial charge in [0.15, 0.2) is 5.75 Å². The number of aromatic nitrogens is 1. The molecule has 0 bridgehead atoms. The number of carbonyl (C=O) groups excluding carboxylic acids is 1. The molecule has 0 radical (unpaired) electrons. The molecular weight excluding hydrogens is 374 g/mol. The van der Waals surface area contributed by atoms with Gasteiger partial charge in [-0.25, -0.2) is 4.98 Å². The molecule has 4 aromatic rings. The highest BCUT2D eigenvalue weighted by Crippen LogP contribution is 2.36. The molecule has 0 aliphatic carbocycles. The van der Waals surface area contributed by atoms with Gasteiger partial charge < -0.3 is 4.74 Å². The highest BCUT2D eigenvalue weighted by molar-refractivity contribution is 6.10. The lowest BCUT2D eigenvalue weighted by Crippen LogP contribution is -2.42. The van der Waals surface area contributed by atoms with Crippen LogP contribution in [0.3, 0.4) is 0 Å².